The van der Waals surface area contributed by atoms with Crippen LogP contribution in [0.5, 0.6) is 0 Å². The number of aliphatic carboxylic acids is 1. The Labute approximate surface area is 213 Å². The molecule has 0 aliphatic heterocycles. The molecule has 0 aromatic heterocycles. The lowest BCUT2D eigenvalue weighted by atomic mass is 9.84. The molecule has 4 N–H and O–H groups in total. The number of hydrogen-bond acceptors (Lipinski definition) is 5. The Morgan fingerprint density at radius 3 is 1.33 bits per heavy atom. The first-order valence-corrected chi connectivity index (χ1v) is 12.2. The minimum absolute atomic E-state index is 0.0745. The van der Waals surface area contributed by atoms with Crippen molar-refractivity contribution in [2.24, 2.45) is 0 Å². The molecule has 0 spiro atoms. The van der Waals surface area contributed by atoms with Gasteiger partial charge in [0.05, 0.1) is 23.6 Å². The summed E-state index contributed by atoms with van der Waals surface area (Å²) in [5, 5.41) is 15.6. The van der Waals surface area contributed by atoms with Crippen LogP contribution in [-0.2, 0) is 23.9 Å². The van der Waals surface area contributed by atoms with E-state index in [0.717, 1.165) is 16.7 Å². The minimum atomic E-state index is -1.18. The second-order valence-corrected chi connectivity index (χ2v) is 8.98. The van der Waals surface area contributed by atoms with Crippen LogP contribution in [0.1, 0.15) is 16.7 Å². The van der Waals surface area contributed by atoms with E-state index in [9.17, 15) is 19.2 Å². The van der Waals surface area contributed by atoms with Crippen molar-refractivity contribution in [3.05, 3.63) is 108 Å². The zero-order chi connectivity index (χ0) is 25.8. The van der Waals surface area contributed by atoms with E-state index in [1.165, 1.54) is 11.8 Å². The van der Waals surface area contributed by atoms with Crippen LogP contribution in [0, 0.1) is 0 Å². The van der Waals surface area contributed by atoms with E-state index >= 15 is 0 Å². The number of carbonyl (C=O) groups is 4. The molecule has 186 valence electrons. The Kier molecular flexibility index (Phi) is 9.64. The van der Waals surface area contributed by atoms with Crippen molar-refractivity contribution in [1.29, 1.82) is 0 Å². The van der Waals surface area contributed by atoms with Gasteiger partial charge in [-0.25, -0.2) is 0 Å². The number of carboxylic acids is 1. The van der Waals surface area contributed by atoms with Crippen LogP contribution in [0.25, 0.3) is 0 Å². The van der Waals surface area contributed by atoms with Crippen molar-refractivity contribution in [2.45, 2.75) is 4.75 Å². The molecule has 3 aromatic carbocycles. The van der Waals surface area contributed by atoms with Crippen LogP contribution < -0.4 is 16.0 Å². The van der Waals surface area contributed by atoms with Gasteiger partial charge in [-0.3, -0.25) is 19.2 Å². The van der Waals surface area contributed by atoms with Crippen molar-refractivity contribution in [2.75, 3.05) is 25.4 Å². The molecular formula is C27H27N3O5S. The summed E-state index contributed by atoms with van der Waals surface area (Å²) in [5.74, 6) is -2.63. The zero-order valence-corrected chi connectivity index (χ0v) is 20.3. The van der Waals surface area contributed by atoms with Gasteiger partial charge in [0.25, 0.3) is 0 Å². The topological polar surface area (TPSA) is 125 Å². The molecule has 0 fully saturated rings. The van der Waals surface area contributed by atoms with E-state index in [2.05, 4.69) is 16.0 Å². The summed E-state index contributed by atoms with van der Waals surface area (Å²) >= 11 is 1.45. The van der Waals surface area contributed by atoms with Gasteiger partial charge in [-0.05, 0) is 16.7 Å². The number of carbonyl (C=O) groups excluding carboxylic acids is 3. The van der Waals surface area contributed by atoms with E-state index in [1.54, 1.807) is 0 Å². The van der Waals surface area contributed by atoms with Gasteiger partial charge in [-0.15, -0.1) is 11.8 Å². The first kappa shape index (κ1) is 26.5. The summed E-state index contributed by atoms with van der Waals surface area (Å²) < 4.78 is -0.661. The average Bonchev–Trinajstić information content (AvgIpc) is 2.91. The molecule has 0 aliphatic carbocycles. The Bertz CT molecular complexity index is 1080. The maximum Gasteiger partial charge on any atom is 0.322 e. The van der Waals surface area contributed by atoms with E-state index in [4.69, 9.17) is 5.11 Å². The van der Waals surface area contributed by atoms with E-state index in [1.807, 2.05) is 91.0 Å². The van der Waals surface area contributed by atoms with Crippen LogP contribution >= 0.6 is 11.8 Å². The predicted molar refractivity (Wildman–Crippen MR) is 138 cm³/mol. The molecule has 0 aliphatic rings. The lowest BCUT2D eigenvalue weighted by Gasteiger charge is -2.35. The fraction of sp³-hybridized carbons (Fsp3) is 0.185. The maximum atomic E-state index is 12.7. The van der Waals surface area contributed by atoms with Gasteiger partial charge in [0, 0.05) is 0 Å². The molecule has 0 unspecified atom stereocenters. The fourth-order valence-electron chi connectivity index (χ4n) is 3.65. The Balaban J connectivity index is 1.70. The van der Waals surface area contributed by atoms with Gasteiger partial charge in [-0.2, -0.15) is 0 Å². The fourth-order valence-corrected chi connectivity index (χ4v) is 5.01. The number of hydrogen-bond donors (Lipinski definition) is 4. The molecule has 8 nitrogen and oxygen atoms in total. The number of rotatable bonds is 12. The van der Waals surface area contributed by atoms with E-state index in [-0.39, 0.29) is 24.7 Å². The molecule has 0 bridgehead atoms. The summed E-state index contributed by atoms with van der Waals surface area (Å²) in [4.78, 5) is 46.8. The van der Waals surface area contributed by atoms with Crippen LogP contribution in [-0.4, -0.2) is 54.2 Å². The highest BCUT2D eigenvalue weighted by Crippen LogP contribution is 2.48. The highest BCUT2D eigenvalue weighted by Gasteiger charge is 2.37. The van der Waals surface area contributed by atoms with Crippen LogP contribution in [0.3, 0.4) is 0 Å². The molecule has 3 aromatic rings. The molecule has 36 heavy (non-hydrogen) atoms. The highest BCUT2D eigenvalue weighted by molar-refractivity contribution is 8.01. The second-order valence-electron chi connectivity index (χ2n) is 7.79. The SMILES string of the molecule is O=C(O)CNC(=O)CNC(=O)CNC(=O)CSC(c1ccccc1)(c1ccccc1)c1ccccc1. The summed E-state index contributed by atoms with van der Waals surface area (Å²) in [6.45, 7) is -1.22. The number of thioether (sulfide) groups is 1. The molecule has 0 saturated heterocycles. The van der Waals surface area contributed by atoms with Crippen LogP contribution in [0.4, 0.5) is 0 Å². The van der Waals surface area contributed by atoms with Crippen LogP contribution in [0.15, 0.2) is 91.0 Å². The Hall–Kier alpha value is -4.11. The van der Waals surface area contributed by atoms with Gasteiger partial charge < -0.3 is 21.1 Å². The third kappa shape index (κ3) is 7.19. The Morgan fingerprint density at radius 1 is 0.583 bits per heavy atom. The number of carboxylic acid groups (broad SMARTS) is 1. The monoisotopic (exact) mass is 505 g/mol. The molecule has 0 atom stereocenters. The first-order valence-electron chi connectivity index (χ1n) is 11.2. The smallest absolute Gasteiger partial charge is 0.322 e. The molecule has 0 radical (unpaired) electrons. The number of amides is 3. The lowest BCUT2D eigenvalue weighted by Crippen LogP contribution is -2.43. The highest BCUT2D eigenvalue weighted by atomic mass is 32.2. The molecule has 3 rings (SSSR count). The van der Waals surface area contributed by atoms with Gasteiger partial charge >= 0.3 is 5.97 Å². The lowest BCUT2D eigenvalue weighted by molar-refractivity contribution is -0.137. The molecule has 0 saturated carbocycles. The maximum absolute atomic E-state index is 12.7. The van der Waals surface area contributed by atoms with E-state index < -0.39 is 29.1 Å². The quantitative estimate of drug-likeness (QED) is 0.280. The second kappa shape index (κ2) is 13.1. The van der Waals surface area contributed by atoms with Crippen LogP contribution in [0.2, 0.25) is 0 Å². The molecule has 9 heteroatoms. The van der Waals surface area contributed by atoms with Gasteiger partial charge in [0.1, 0.15) is 6.54 Å². The summed E-state index contributed by atoms with van der Waals surface area (Å²) in [5.41, 5.74) is 3.06. The molecular weight excluding hydrogens is 478 g/mol. The van der Waals surface area contributed by atoms with Crippen molar-refractivity contribution >= 4 is 35.5 Å². The van der Waals surface area contributed by atoms with E-state index in [0.29, 0.717) is 0 Å². The third-order valence-corrected chi connectivity index (χ3v) is 6.84. The number of nitrogens with one attached hydrogen (secondary N) is 3. The summed E-state index contributed by atoms with van der Waals surface area (Å²) in [6, 6.07) is 29.8. The standard InChI is InChI=1S/C27H27N3O5S/c31-23(28-16-24(32)30-18-26(34)35)17-29-25(33)19-36-27(20-10-4-1-5-11-20,21-12-6-2-7-13-21)22-14-8-3-9-15-22/h1-15H,16-19H2,(H,28,31)(H,29,33)(H,30,32)(H,34,35). The van der Waals surface area contributed by atoms with Crippen molar-refractivity contribution in [1.82, 2.24) is 16.0 Å². The van der Waals surface area contributed by atoms with Crippen molar-refractivity contribution in [3.8, 4) is 0 Å². The van der Waals surface area contributed by atoms with Crippen molar-refractivity contribution in [3.63, 3.8) is 0 Å². The zero-order valence-electron chi connectivity index (χ0n) is 19.5. The summed E-state index contributed by atoms with van der Waals surface area (Å²) in [7, 11) is 0. The minimum Gasteiger partial charge on any atom is -0.480 e. The summed E-state index contributed by atoms with van der Waals surface area (Å²) in [6.07, 6.45) is 0. The Morgan fingerprint density at radius 2 is 0.944 bits per heavy atom. The first-order chi connectivity index (χ1) is 17.4. The number of benzene rings is 3. The largest absolute Gasteiger partial charge is 0.480 e. The van der Waals surface area contributed by atoms with Gasteiger partial charge in [0.15, 0.2) is 0 Å². The molecule has 0 heterocycles. The third-order valence-electron chi connectivity index (χ3n) is 5.29. The average molecular weight is 506 g/mol. The van der Waals surface area contributed by atoms with Gasteiger partial charge in [0.2, 0.25) is 17.7 Å². The van der Waals surface area contributed by atoms with Crippen molar-refractivity contribution < 1.29 is 24.3 Å². The van der Waals surface area contributed by atoms with Gasteiger partial charge in [-0.1, -0.05) is 91.0 Å². The predicted octanol–water partition coefficient (Wildman–Crippen LogP) is 2.14. The normalized spacial score (nSPS) is 10.8. The molecule has 3 amide bonds.